The highest BCUT2D eigenvalue weighted by molar-refractivity contribution is 5.70. The quantitative estimate of drug-likeness (QED) is 0.187. The summed E-state index contributed by atoms with van der Waals surface area (Å²) in [6, 6.07) is 0. The van der Waals surface area contributed by atoms with Crippen LogP contribution in [0.3, 0.4) is 0 Å². The number of unbranched alkanes of at least 4 members (excludes halogenated alkanes) is 8. The molecule has 0 bridgehead atoms. The molecule has 0 aromatic carbocycles. The molecule has 4 heteroatoms. The van der Waals surface area contributed by atoms with Crippen molar-refractivity contribution in [2.24, 2.45) is 5.10 Å². The molecule has 0 fully saturated rings. The van der Waals surface area contributed by atoms with Gasteiger partial charge in [-0.15, -0.1) is 5.10 Å². The molecule has 1 N–H and O–H groups in total. The second-order valence-electron chi connectivity index (χ2n) is 6.72. The van der Waals surface area contributed by atoms with Gasteiger partial charge in [0.2, 0.25) is 0 Å². The Kier molecular flexibility index (Phi) is 11.6. The summed E-state index contributed by atoms with van der Waals surface area (Å²) in [4.78, 5) is 0. The molecule has 0 aliphatic heterocycles. The maximum atomic E-state index is 11.8. The third-order valence-electron chi connectivity index (χ3n) is 3.59. The second-order valence-corrected chi connectivity index (χ2v) is 6.72. The molecule has 0 saturated carbocycles. The molecule has 1 atom stereocenters. The van der Waals surface area contributed by atoms with E-state index in [0.717, 1.165) is 12.8 Å². The summed E-state index contributed by atoms with van der Waals surface area (Å²) in [5.74, 6) is -0.0383. The average molecular weight is 300 g/mol. The lowest BCUT2D eigenvalue weighted by Crippen LogP contribution is -2.42. The summed E-state index contributed by atoms with van der Waals surface area (Å²) >= 11 is 0. The number of rotatable bonds is 13. The largest absolute Gasteiger partial charge is 0.858 e. The number of aliphatic hydroxyl groups excluding tert-OH is 1. The molecule has 0 spiro atoms. The molecule has 0 aromatic heterocycles. The summed E-state index contributed by atoms with van der Waals surface area (Å²) in [7, 11) is 3.70. The molecule has 0 rings (SSSR count). The molecule has 4 nitrogen and oxygen atoms in total. The lowest BCUT2D eigenvalue weighted by Gasteiger charge is -2.26. The maximum absolute atomic E-state index is 11.8. The summed E-state index contributed by atoms with van der Waals surface area (Å²) in [6.45, 7) is 4.44. The van der Waals surface area contributed by atoms with Gasteiger partial charge in [0.25, 0.3) is 0 Å². The van der Waals surface area contributed by atoms with E-state index in [2.05, 4.69) is 12.0 Å². The first-order chi connectivity index (χ1) is 9.87. The van der Waals surface area contributed by atoms with Crippen molar-refractivity contribution in [2.45, 2.75) is 84.2 Å². The fraction of sp³-hybridized carbons (Fsp3) is 0.941. The zero-order chi connectivity index (χ0) is 16.1. The number of quaternary nitrogens is 1. The topological polar surface area (TPSA) is 55.7 Å². The van der Waals surface area contributed by atoms with Crippen molar-refractivity contribution in [3.05, 3.63) is 0 Å². The highest BCUT2D eigenvalue weighted by Crippen LogP contribution is 2.11. The minimum atomic E-state index is -0.441. The van der Waals surface area contributed by atoms with Gasteiger partial charge in [0, 0.05) is 5.90 Å². The lowest BCUT2D eigenvalue weighted by atomic mass is 10.1. The van der Waals surface area contributed by atoms with Crippen LogP contribution >= 0.6 is 0 Å². The number of hydrogen-bond acceptors (Lipinski definition) is 3. The van der Waals surface area contributed by atoms with Gasteiger partial charge in [0.15, 0.2) is 0 Å². The normalized spacial score (nSPS) is 14.4. The van der Waals surface area contributed by atoms with Crippen LogP contribution in [-0.2, 0) is 0 Å². The summed E-state index contributed by atoms with van der Waals surface area (Å²) < 4.78 is 0.216. The lowest BCUT2D eigenvalue weighted by molar-refractivity contribution is -0.901. The summed E-state index contributed by atoms with van der Waals surface area (Å²) in [5, 5.41) is 25.3. The highest BCUT2D eigenvalue weighted by Gasteiger charge is 2.16. The number of hydrogen-bond donors (Lipinski definition) is 1. The van der Waals surface area contributed by atoms with Crippen LogP contribution in [0.1, 0.15) is 78.1 Å². The Morgan fingerprint density at radius 3 is 1.95 bits per heavy atom. The Balaban J connectivity index is 3.63. The molecule has 0 saturated heterocycles. The molecule has 0 aliphatic rings. The third-order valence-corrected chi connectivity index (χ3v) is 3.59. The minimum absolute atomic E-state index is 0.0383. The van der Waals surface area contributed by atoms with Gasteiger partial charge in [-0.1, -0.05) is 58.3 Å². The number of likely N-dealkylation sites (N-methyl/N-ethyl adjacent to an activating group) is 1. The van der Waals surface area contributed by atoms with Crippen LogP contribution in [0.4, 0.5) is 0 Å². The first kappa shape index (κ1) is 20.4. The van der Waals surface area contributed by atoms with Crippen LogP contribution in [0, 0.1) is 0 Å². The van der Waals surface area contributed by atoms with Gasteiger partial charge in [-0.3, -0.25) is 0 Å². The monoisotopic (exact) mass is 300 g/mol. The van der Waals surface area contributed by atoms with E-state index in [4.69, 9.17) is 0 Å². The van der Waals surface area contributed by atoms with E-state index >= 15 is 0 Å². The van der Waals surface area contributed by atoms with Crippen molar-refractivity contribution in [1.29, 1.82) is 0 Å². The smallest absolute Gasteiger partial charge is 0.128 e. The minimum Gasteiger partial charge on any atom is -0.858 e. The fourth-order valence-electron chi connectivity index (χ4n) is 2.63. The van der Waals surface area contributed by atoms with Gasteiger partial charge in [-0.05, 0) is 19.8 Å². The molecule has 0 heterocycles. The highest BCUT2D eigenvalue weighted by atomic mass is 16.3. The van der Waals surface area contributed by atoms with E-state index in [9.17, 15) is 10.2 Å². The zero-order valence-electron chi connectivity index (χ0n) is 14.6. The van der Waals surface area contributed by atoms with E-state index in [1.54, 1.807) is 6.92 Å². The van der Waals surface area contributed by atoms with Crippen LogP contribution in [0.2, 0.25) is 0 Å². The summed E-state index contributed by atoms with van der Waals surface area (Å²) in [5.41, 5.74) is 0. The molecule has 0 amide bonds. The predicted octanol–water partition coefficient (Wildman–Crippen LogP) is 3.04. The van der Waals surface area contributed by atoms with Crippen LogP contribution < -0.4 is 5.11 Å². The van der Waals surface area contributed by atoms with Crippen LogP contribution in [-0.4, -0.2) is 42.3 Å². The first-order valence-electron chi connectivity index (χ1n) is 8.64. The van der Waals surface area contributed by atoms with Crippen LogP contribution in [0.25, 0.3) is 0 Å². The fourth-order valence-corrected chi connectivity index (χ4v) is 2.63. The summed E-state index contributed by atoms with van der Waals surface area (Å²) in [6.07, 6.45) is 11.4. The number of aliphatic hydroxyl groups is 1. The second kappa shape index (κ2) is 12.0. The Morgan fingerprint density at radius 1 is 1.00 bits per heavy atom. The van der Waals surface area contributed by atoms with Crippen LogP contribution in [0.5, 0.6) is 0 Å². The number of nitrogens with zero attached hydrogens (tertiary/aromatic N) is 2. The van der Waals surface area contributed by atoms with E-state index in [1.807, 2.05) is 14.1 Å². The standard InChI is InChI=1S/C17H36N2O2/c1-5-6-7-8-9-10-11-12-13-14-17(21)18-19(3,4)15-16(2)20/h16,20H,5-15H2,1-4H3. The van der Waals surface area contributed by atoms with Crippen molar-refractivity contribution in [2.75, 3.05) is 20.6 Å². The predicted molar refractivity (Wildman–Crippen MR) is 87.9 cm³/mol. The van der Waals surface area contributed by atoms with E-state index in [0.29, 0.717) is 13.0 Å². The Bertz CT molecular complexity index is 276. The van der Waals surface area contributed by atoms with Crippen molar-refractivity contribution in [1.82, 2.24) is 0 Å². The first-order valence-corrected chi connectivity index (χ1v) is 8.64. The molecule has 0 aromatic rings. The van der Waals surface area contributed by atoms with Crippen molar-refractivity contribution in [3.8, 4) is 0 Å². The Morgan fingerprint density at radius 2 is 1.48 bits per heavy atom. The average Bonchev–Trinajstić information content (AvgIpc) is 2.34. The molecular formula is C17H36N2O2. The Labute approximate surface area is 131 Å². The molecular weight excluding hydrogens is 264 g/mol. The molecule has 0 radical (unpaired) electrons. The van der Waals surface area contributed by atoms with E-state index in [1.165, 1.54) is 44.9 Å². The van der Waals surface area contributed by atoms with Crippen LogP contribution in [0.15, 0.2) is 5.10 Å². The zero-order valence-corrected chi connectivity index (χ0v) is 14.6. The molecule has 1 unspecified atom stereocenters. The molecule has 0 aliphatic carbocycles. The van der Waals surface area contributed by atoms with E-state index in [-0.39, 0.29) is 10.5 Å². The molecule has 21 heavy (non-hydrogen) atoms. The Hall–Kier alpha value is -0.610. The SMILES string of the molecule is CCCCCCCCCCC/C([O-])=N/[N+](C)(C)CC(C)O. The van der Waals surface area contributed by atoms with Gasteiger partial charge in [-0.2, -0.15) is 0 Å². The van der Waals surface area contributed by atoms with Gasteiger partial charge < -0.3 is 10.2 Å². The van der Waals surface area contributed by atoms with Crippen molar-refractivity contribution in [3.63, 3.8) is 0 Å². The van der Waals surface area contributed by atoms with Gasteiger partial charge >= 0.3 is 0 Å². The van der Waals surface area contributed by atoms with Crippen molar-refractivity contribution >= 4 is 5.90 Å². The van der Waals surface area contributed by atoms with Gasteiger partial charge in [0.1, 0.15) is 12.6 Å². The maximum Gasteiger partial charge on any atom is 0.128 e. The van der Waals surface area contributed by atoms with Gasteiger partial charge in [0.05, 0.1) is 14.1 Å². The van der Waals surface area contributed by atoms with Gasteiger partial charge in [-0.25, -0.2) is 4.59 Å². The van der Waals surface area contributed by atoms with E-state index < -0.39 is 6.10 Å². The molecule has 126 valence electrons. The van der Waals surface area contributed by atoms with Crippen molar-refractivity contribution < 1.29 is 14.8 Å². The third kappa shape index (κ3) is 14.1.